The second-order valence-electron chi connectivity index (χ2n) is 5.60. The molecule has 0 spiro atoms. The maximum absolute atomic E-state index is 11.9. The molecule has 1 aromatic carbocycles. The van der Waals surface area contributed by atoms with Crippen LogP contribution in [0.3, 0.4) is 0 Å². The number of non-ortho nitro benzene ring substituents is 1. The lowest BCUT2D eigenvalue weighted by Gasteiger charge is -2.12. The smallest absolute Gasteiger partial charge is 0.372 e. The predicted octanol–water partition coefficient (Wildman–Crippen LogP) is -0.272. The van der Waals surface area contributed by atoms with Gasteiger partial charge in [0.2, 0.25) is 16.0 Å². The van der Waals surface area contributed by atoms with Gasteiger partial charge in [-0.15, -0.1) is 0 Å². The highest BCUT2D eigenvalue weighted by molar-refractivity contribution is 7.89. The average molecular weight is 399 g/mol. The number of hydrogen-bond donors (Lipinski definition) is 3. The third kappa shape index (κ3) is 6.63. The first-order chi connectivity index (χ1) is 12.6. The number of alkyl carbamates (subject to hydrolysis) is 1. The summed E-state index contributed by atoms with van der Waals surface area (Å²) in [7, 11) is -3.72. The molecule has 0 bridgehead atoms. The summed E-state index contributed by atoms with van der Waals surface area (Å²) in [4.78, 5) is 37.8. The van der Waals surface area contributed by atoms with Crippen LogP contribution in [0.2, 0.25) is 0 Å². The van der Waals surface area contributed by atoms with E-state index in [0.717, 1.165) is 30.5 Å². The summed E-state index contributed by atoms with van der Waals surface area (Å²) >= 11 is 0. The molecule has 1 saturated heterocycles. The van der Waals surface area contributed by atoms with Gasteiger partial charge in [0.15, 0.2) is 0 Å². The van der Waals surface area contributed by atoms with E-state index in [-0.39, 0.29) is 23.3 Å². The van der Waals surface area contributed by atoms with E-state index >= 15 is 0 Å². The number of nitrogens with one attached hydrogen (secondary N) is 3. The van der Waals surface area contributed by atoms with Gasteiger partial charge in [-0.3, -0.25) is 20.2 Å². The van der Waals surface area contributed by atoms with Crippen LogP contribution in [0, 0.1) is 10.1 Å². The minimum absolute atomic E-state index is 0.0923. The maximum Gasteiger partial charge on any atom is 0.421 e. The standard InChI is InChI=1S/C14H17N5O7S/c1-27(24,25)18-13(16-10-6-7-15-8-10)17-14(21)26-12(20)9-2-4-11(5-3-9)19(22)23/h2-5,10,15H,6-8H2,1H3,(H2,16,17,18,21)/t10-/m0/s1. The van der Waals surface area contributed by atoms with Crippen molar-refractivity contribution in [3.05, 3.63) is 39.9 Å². The number of esters is 1. The Morgan fingerprint density at radius 2 is 2.00 bits per heavy atom. The second kappa shape index (κ2) is 8.55. The summed E-state index contributed by atoms with van der Waals surface area (Å²) in [6.45, 7) is 1.21. The third-order valence-corrected chi connectivity index (χ3v) is 3.91. The summed E-state index contributed by atoms with van der Waals surface area (Å²) in [5, 5.41) is 15.7. The molecule has 1 aliphatic rings. The first-order valence-electron chi connectivity index (χ1n) is 7.68. The molecule has 0 saturated carbocycles. The van der Waals surface area contributed by atoms with Gasteiger partial charge in [-0.2, -0.15) is 0 Å². The van der Waals surface area contributed by atoms with Crippen molar-refractivity contribution in [1.82, 2.24) is 15.4 Å². The van der Waals surface area contributed by atoms with E-state index in [1.165, 1.54) is 0 Å². The number of amides is 1. The fourth-order valence-electron chi connectivity index (χ4n) is 2.18. The Morgan fingerprint density at radius 1 is 1.33 bits per heavy atom. The Hall–Kier alpha value is -3.06. The average Bonchev–Trinajstić information content (AvgIpc) is 3.06. The highest BCUT2D eigenvalue weighted by Gasteiger charge is 2.20. The topological polar surface area (TPSA) is 169 Å². The Morgan fingerprint density at radius 3 is 2.52 bits per heavy atom. The lowest BCUT2D eigenvalue weighted by Crippen LogP contribution is -2.45. The molecule has 2 rings (SSSR count). The zero-order chi connectivity index (χ0) is 20.0. The molecule has 0 unspecified atom stereocenters. The van der Waals surface area contributed by atoms with E-state index in [0.29, 0.717) is 19.5 Å². The monoisotopic (exact) mass is 399 g/mol. The number of hydrogen-bond acceptors (Lipinski definition) is 9. The molecular weight excluding hydrogens is 382 g/mol. The van der Waals surface area contributed by atoms with Crippen molar-refractivity contribution in [3.63, 3.8) is 0 Å². The summed E-state index contributed by atoms with van der Waals surface area (Å²) < 4.78 is 29.4. The van der Waals surface area contributed by atoms with Crippen molar-refractivity contribution < 1.29 is 27.7 Å². The molecule has 1 heterocycles. The highest BCUT2D eigenvalue weighted by Crippen LogP contribution is 2.12. The van der Waals surface area contributed by atoms with Crippen LogP contribution in [-0.4, -0.2) is 56.8 Å². The SMILES string of the molecule is CS(=O)(=O)NC(=N[C@H]1CCNC1)NC(=O)OC(=O)c1ccc([N+](=O)[O-])cc1. The third-order valence-electron chi connectivity index (χ3n) is 3.35. The number of carbonyl (C=O) groups is 2. The van der Waals surface area contributed by atoms with Gasteiger partial charge in [0.25, 0.3) is 5.69 Å². The molecule has 0 aliphatic carbocycles. The fourth-order valence-corrected chi connectivity index (χ4v) is 2.63. The van der Waals surface area contributed by atoms with Gasteiger partial charge in [0.05, 0.1) is 22.8 Å². The molecule has 146 valence electrons. The Balaban J connectivity index is 2.03. The molecule has 27 heavy (non-hydrogen) atoms. The number of ether oxygens (including phenoxy) is 1. The van der Waals surface area contributed by atoms with Crippen LogP contribution in [-0.2, 0) is 14.8 Å². The second-order valence-corrected chi connectivity index (χ2v) is 7.35. The number of nitrogens with zero attached hydrogens (tertiary/aromatic N) is 2. The van der Waals surface area contributed by atoms with Crippen molar-refractivity contribution in [2.75, 3.05) is 19.3 Å². The minimum atomic E-state index is -3.72. The van der Waals surface area contributed by atoms with E-state index < -0.39 is 27.0 Å². The molecule has 13 heteroatoms. The van der Waals surface area contributed by atoms with Crippen molar-refractivity contribution in [2.24, 2.45) is 4.99 Å². The molecular formula is C14H17N5O7S. The number of carbonyl (C=O) groups excluding carboxylic acids is 2. The number of aliphatic imine (C=N–C) groups is 1. The number of sulfonamides is 1. The first kappa shape index (κ1) is 20.3. The van der Waals surface area contributed by atoms with Crippen molar-refractivity contribution in [3.8, 4) is 0 Å². The molecule has 1 atom stereocenters. The van der Waals surface area contributed by atoms with Crippen LogP contribution in [0.25, 0.3) is 0 Å². The zero-order valence-corrected chi connectivity index (χ0v) is 15.0. The summed E-state index contributed by atoms with van der Waals surface area (Å²) in [5.41, 5.74) is -0.321. The highest BCUT2D eigenvalue weighted by atomic mass is 32.2. The van der Waals surface area contributed by atoms with Crippen LogP contribution in [0.1, 0.15) is 16.8 Å². The fraction of sp³-hybridized carbons (Fsp3) is 0.357. The Kier molecular flexibility index (Phi) is 6.41. The van der Waals surface area contributed by atoms with Crippen molar-refractivity contribution in [2.45, 2.75) is 12.5 Å². The number of rotatable bonds is 4. The maximum atomic E-state index is 11.9. The molecule has 0 radical (unpaired) electrons. The number of nitro benzene ring substituents is 1. The van der Waals surface area contributed by atoms with Crippen LogP contribution in [0.15, 0.2) is 29.3 Å². The minimum Gasteiger partial charge on any atom is -0.372 e. The van der Waals surface area contributed by atoms with Crippen LogP contribution >= 0.6 is 0 Å². The van der Waals surface area contributed by atoms with E-state index in [4.69, 9.17) is 0 Å². The largest absolute Gasteiger partial charge is 0.421 e. The van der Waals surface area contributed by atoms with E-state index in [1.54, 1.807) is 0 Å². The zero-order valence-electron chi connectivity index (χ0n) is 14.2. The Labute approximate surface area is 154 Å². The predicted molar refractivity (Wildman–Crippen MR) is 93.7 cm³/mol. The summed E-state index contributed by atoms with van der Waals surface area (Å²) in [6, 6.07) is 4.17. The van der Waals surface area contributed by atoms with Crippen molar-refractivity contribution >= 4 is 33.7 Å². The van der Waals surface area contributed by atoms with Gasteiger partial charge in [0.1, 0.15) is 0 Å². The first-order valence-corrected chi connectivity index (χ1v) is 9.57. The van der Waals surface area contributed by atoms with Gasteiger partial charge in [-0.1, -0.05) is 0 Å². The molecule has 1 fully saturated rings. The normalized spacial score (nSPS) is 17.2. The van der Waals surface area contributed by atoms with Gasteiger partial charge >= 0.3 is 12.1 Å². The molecule has 3 N–H and O–H groups in total. The summed E-state index contributed by atoms with van der Waals surface area (Å²) in [5.74, 6) is -1.43. The van der Waals surface area contributed by atoms with Gasteiger partial charge in [-0.05, 0) is 25.1 Å². The lowest BCUT2D eigenvalue weighted by molar-refractivity contribution is -0.384. The van der Waals surface area contributed by atoms with Gasteiger partial charge in [0, 0.05) is 18.7 Å². The molecule has 12 nitrogen and oxygen atoms in total. The summed E-state index contributed by atoms with van der Waals surface area (Å²) in [6.07, 6.45) is 0.275. The number of guanidine groups is 1. The number of nitro groups is 1. The molecule has 1 aromatic rings. The lowest BCUT2D eigenvalue weighted by atomic mass is 10.2. The quantitative estimate of drug-likeness (QED) is 0.155. The van der Waals surface area contributed by atoms with Crippen LogP contribution in [0.4, 0.5) is 10.5 Å². The van der Waals surface area contributed by atoms with Crippen LogP contribution in [0.5, 0.6) is 0 Å². The van der Waals surface area contributed by atoms with Gasteiger partial charge in [-0.25, -0.2) is 23.0 Å². The molecule has 0 aromatic heterocycles. The van der Waals surface area contributed by atoms with Gasteiger partial charge < -0.3 is 10.1 Å². The van der Waals surface area contributed by atoms with Crippen LogP contribution < -0.4 is 15.4 Å². The Bertz CT molecular complexity index is 860. The van der Waals surface area contributed by atoms with E-state index in [2.05, 4.69) is 20.4 Å². The molecule has 1 amide bonds. The van der Waals surface area contributed by atoms with Crippen molar-refractivity contribution in [1.29, 1.82) is 0 Å². The number of benzene rings is 1. The van der Waals surface area contributed by atoms with E-state index in [9.17, 15) is 28.1 Å². The molecule has 1 aliphatic heterocycles. The van der Waals surface area contributed by atoms with E-state index in [1.807, 2.05) is 4.72 Å².